The summed E-state index contributed by atoms with van der Waals surface area (Å²) in [5, 5.41) is 4.83. The van der Waals surface area contributed by atoms with Crippen LogP contribution in [0.5, 0.6) is 0 Å². The third-order valence-corrected chi connectivity index (χ3v) is 5.56. The topological polar surface area (TPSA) is 51.2 Å². The first-order valence-electron chi connectivity index (χ1n) is 10.2. The van der Waals surface area contributed by atoms with Crippen LogP contribution in [0.4, 0.5) is 0 Å². The monoisotopic (exact) mass is 366 g/mol. The van der Waals surface area contributed by atoms with Gasteiger partial charge < -0.3 is 9.30 Å². The Balaban J connectivity index is 1.43. The predicted octanol–water partition coefficient (Wildman–Crippen LogP) is 3.01. The van der Waals surface area contributed by atoms with Crippen molar-refractivity contribution in [3.8, 4) is 0 Å². The van der Waals surface area contributed by atoms with Crippen molar-refractivity contribution in [2.75, 3.05) is 20.1 Å². The predicted molar refractivity (Wildman–Crippen MR) is 107 cm³/mol. The molecule has 4 rings (SSSR count). The van der Waals surface area contributed by atoms with Gasteiger partial charge in [-0.1, -0.05) is 13.0 Å². The van der Waals surface area contributed by atoms with E-state index in [0.717, 1.165) is 61.1 Å². The quantitative estimate of drug-likeness (QED) is 0.645. The Bertz CT molecular complexity index is 839. The lowest BCUT2D eigenvalue weighted by Crippen LogP contribution is -2.31. The molecule has 27 heavy (non-hydrogen) atoms. The van der Waals surface area contributed by atoms with Gasteiger partial charge in [-0.3, -0.25) is 0 Å². The number of aryl methyl sites for hydroxylation is 3. The second kappa shape index (κ2) is 8.21. The van der Waals surface area contributed by atoms with E-state index >= 15 is 0 Å². The number of fused-ring (bicyclic) bond motifs is 1. The second-order valence-corrected chi connectivity index (χ2v) is 7.82. The van der Waals surface area contributed by atoms with E-state index in [2.05, 4.69) is 34.2 Å². The molecule has 0 atom stereocenters. The molecular weight excluding hydrogens is 336 g/mol. The number of likely N-dealkylation sites (tertiary alicyclic amines) is 1. The molecule has 6 heteroatoms. The maximum Gasteiger partial charge on any atom is 0.151 e. The van der Waals surface area contributed by atoms with Gasteiger partial charge in [-0.25, -0.2) is 14.6 Å². The standard InChI is InChI=1S/C21H30N6/c1-3-11-27-21(8-7-18-16-26-12-5-4-6-20(26)22-18)23-19(24-27)15-17-9-13-25(2)14-10-17/h4-6,12,16-17H,3,7-11,13-15H2,1-2H3. The fourth-order valence-electron chi connectivity index (χ4n) is 3.96. The summed E-state index contributed by atoms with van der Waals surface area (Å²) in [6, 6.07) is 6.10. The summed E-state index contributed by atoms with van der Waals surface area (Å²) in [5.41, 5.74) is 2.12. The second-order valence-electron chi connectivity index (χ2n) is 7.82. The summed E-state index contributed by atoms with van der Waals surface area (Å²) in [4.78, 5) is 12.0. The van der Waals surface area contributed by atoms with Crippen LogP contribution >= 0.6 is 0 Å². The molecule has 0 saturated carbocycles. The Labute approximate surface area is 161 Å². The molecular formula is C21H30N6. The Hall–Kier alpha value is -2.21. The lowest BCUT2D eigenvalue weighted by atomic mass is 9.94. The molecule has 4 heterocycles. The van der Waals surface area contributed by atoms with Crippen LogP contribution < -0.4 is 0 Å². The van der Waals surface area contributed by atoms with Crippen LogP contribution in [-0.2, 0) is 25.8 Å². The lowest BCUT2D eigenvalue weighted by molar-refractivity contribution is 0.217. The maximum absolute atomic E-state index is 4.91. The third kappa shape index (κ3) is 4.38. The third-order valence-electron chi connectivity index (χ3n) is 5.56. The van der Waals surface area contributed by atoms with Crippen LogP contribution in [0.15, 0.2) is 30.6 Å². The number of hydrogen-bond donors (Lipinski definition) is 0. The molecule has 0 aliphatic carbocycles. The highest BCUT2D eigenvalue weighted by atomic mass is 15.3. The van der Waals surface area contributed by atoms with Gasteiger partial charge in [0.05, 0.1) is 5.69 Å². The molecule has 1 saturated heterocycles. The number of hydrogen-bond acceptors (Lipinski definition) is 4. The molecule has 0 spiro atoms. The van der Waals surface area contributed by atoms with Crippen molar-refractivity contribution in [1.29, 1.82) is 0 Å². The first-order valence-corrected chi connectivity index (χ1v) is 10.2. The molecule has 0 bridgehead atoms. The van der Waals surface area contributed by atoms with Crippen molar-refractivity contribution >= 4 is 5.65 Å². The molecule has 3 aromatic rings. The van der Waals surface area contributed by atoms with Gasteiger partial charge in [-0.15, -0.1) is 0 Å². The minimum absolute atomic E-state index is 0.727. The first-order chi connectivity index (χ1) is 13.2. The minimum Gasteiger partial charge on any atom is -0.307 e. The normalized spacial score (nSPS) is 16.4. The largest absolute Gasteiger partial charge is 0.307 e. The zero-order chi connectivity index (χ0) is 18.6. The van der Waals surface area contributed by atoms with Crippen LogP contribution in [0.25, 0.3) is 5.65 Å². The Morgan fingerprint density at radius 1 is 1.11 bits per heavy atom. The van der Waals surface area contributed by atoms with Crippen molar-refractivity contribution in [1.82, 2.24) is 29.0 Å². The molecule has 1 aliphatic rings. The van der Waals surface area contributed by atoms with Crippen LogP contribution in [-0.4, -0.2) is 49.2 Å². The molecule has 0 radical (unpaired) electrons. The van der Waals surface area contributed by atoms with E-state index in [0.29, 0.717) is 0 Å². The molecule has 1 fully saturated rings. The average molecular weight is 367 g/mol. The molecule has 0 unspecified atom stereocenters. The Kier molecular flexibility index (Phi) is 5.53. The molecule has 0 amide bonds. The summed E-state index contributed by atoms with van der Waals surface area (Å²) in [6.07, 6.45) is 10.6. The van der Waals surface area contributed by atoms with Crippen LogP contribution in [0, 0.1) is 5.92 Å². The van der Waals surface area contributed by atoms with E-state index in [9.17, 15) is 0 Å². The van der Waals surface area contributed by atoms with E-state index in [4.69, 9.17) is 15.1 Å². The highest BCUT2D eigenvalue weighted by Crippen LogP contribution is 2.20. The van der Waals surface area contributed by atoms with Gasteiger partial charge in [0, 0.05) is 31.8 Å². The van der Waals surface area contributed by atoms with Crippen LogP contribution in [0.3, 0.4) is 0 Å². The number of piperidine rings is 1. The highest BCUT2D eigenvalue weighted by molar-refractivity contribution is 5.39. The fraction of sp³-hybridized carbons (Fsp3) is 0.571. The fourth-order valence-corrected chi connectivity index (χ4v) is 3.96. The Morgan fingerprint density at radius 2 is 1.96 bits per heavy atom. The van der Waals surface area contributed by atoms with E-state index in [1.165, 1.54) is 25.9 Å². The van der Waals surface area contributed by atoms with Gasteiger partial charge in [0.2, 0.25) is 0 Å². The van der Waals surface area contributed by atoms with Crippen molar-refractivity contribution < 1.29 is 0 Å². The van der Waals surface area contributed by atoms with E-state index in [-0.39, 0.29) is 0 Å². The van der Waals surface area contributed by atoms with Gasteiger partial charge in [0.25, 0.3) is 0 Å². The van der Waals surface area contributed by atoms with Gasteiger partial charge in [-0.05, 0) is 63.9 Å². The van der Waals surface area contributed by atoms with Crippen molar-refractivity contribution in [3.05, 3.63) is 47.9 Å². The molecule has 0 aromatic carbocycles. The number of rotatable bonds is 7. The van der Waals surface area contributed by atoms with Gasteiger partial charge in [0.15, 0.2) is 5.82 Å². The summed E-state index contributed by atoms with van der Waals surface area (Å²) < 4.78 is 4.21. The first kappa shape index (κ1) is 18.2. The van der Waals surface area contributed by atoms with Gasteiger partial charge in [-0.2, -0.15) is 5.10 Å². The SMILES string of the molecule is CCCn1nc(CC2CCN(C)CC2)nc1CCc1cn2ccccc2n1. The zero-order valence-corrected chi connectivity index (χ0v) is 16.5. The summed E-state index contributed by atoms with van der Waals surface area (Å²) in [6.45, 7) is 5.53. The van der Waals surface area contributed by atoms with E-state index in [1.54, 1.807) is 0 Å². The summed E-state index contributed by atoms with van der Waals surface area (Å²) >= 11 is 0. The molecule has 3 aromatic heterocycles. The number of aromatic nitrogens is 5. The Morgan fingerprint density at radius 3 is 2.74 bits per heavy atom. The summed E-state index contributed by atoms with van der Waals surface area (Å²) in [5.74, 6) is 2.87. The number of nitrogens with zero attached hydrogens (tertiary/aromatic N) is 6. The van der Waals surface area contributed by atoms with Crippen molar-refractivity contribution in [2.24, 2.45) is 5.92 Å². The molecule has 0 N–H and O–H groups in total. The lowest BCUT2D eigenvalue weighted by Gasteiger charge is -2.28. The summed E-state index contributed by atoms with van der Waals surface area (Å²) in [7, 11) is 2.21. The van der Waals surface area contributed by atoms with Crippen LogP contribution in [0.1, 0.15) is 43.5 Å². The number of pyridine rings is 1. The van der Waals surface area contributed by atoms with E-state index in [1.807, 2.05) is 24.4 Å². The van der Waals surface area contributed by atoms with E-state index < -0.39 is 0 Å². The number of imidazole rings is 1. The van der Waals surface area contributed by atoms with Crippen molar-refractivity contribution in [3.63, 3.8) is 0 Å². The van der Waals surface area contributed by atoms with Crippen molar-refractivity contribution in [2.45, 2.75) is 52.0 Å². The van der Waals surface area contributed by atoms with Crippen LogP contribution in [0.2, 0.25) is 0 Å². The van der Waals surface area contributed by atoms with Gasteiger partial charge >= 0.3 is 0 Å². The average Bonchev–Trinajstić information content (AvgIpc) is 3.25. The highest BCUT2D eigenvalue weighted by Gasteiger charge is 2.20. The molecule has 1 aliphatic heterocycles. The maximum atomic E-state index is 4.91. The molecule has 144 valence electrons. The minimum atomic E-state index is 0.727. The van der Waals surface area contributed by atoms with Gasteiger partial charge in [0.1, 0.15) is 11.5 Å². The molecule has 6 nitrogen and oxygen atoms in total. The zero-order valence-electron chi connectivity index (χ0n) is 16.5. The smallest absolute Gasteiger partial charge is 0.151 e.